The van der Waals surface area contributed by atoms with Gasteiger partial charge in [-0.05, 0) is 25.7 Å². The molecule has 0 aliphatic rings. The van der Waals surface area contributed by atoms with E-state index in [1.807, 2.05) is 0 Å². The Hall–Kier alpha value is -0.0400. The van der Waals surface area contributed by atoms with Crippen LogP contribution in [0.1, 0.15) is 156 Å². The Bertz CT molecular complexity index is 237. The lowest BCUT2D eigenvalue weighted by Crippen LogP contribution is -2.23. The predicted octanol–water partition coefficient (Wildman–Crippen LogP) is 9.62. The third kappa shape index (κ3) is 19.1. The second-order valence-electron chi connectivity index (χ2n) is 8.78. The van der Waals surface area contributed by atoms with Gasteiger partial charge in [-0.15, -0.1) is 0 Å². The molecule has 0 spiro atoms. The maximum Gasteiger partial charge on any atom is 0.0578 e. The van der Waals surface area contributed by atoms with Crippen LogP contribution >= 0.6 is 0 Å². The van der Waals surface area contributed by atoms with Gasteiger partial charge in [-0.1, -0.05) is 130 Å². The summed E-state index contributed by atoms with van der Waals surface area (Å²) in [6.45, 7) is 9.23. The summed E-state index contributed by atoms with van der Waals surface area (Å²) in [6, 6.07) is 0. The van der Waals surface area contributed by atoms with E-state index in [2.05, 4.69) is 27.7 Å². The molecule has 164 valence electrons. The fourth-order valence-electron chi connectivity index (χ4n) is 4.03. The quantitative estimate of drug-likeness (QED) is 0.169. The zero-order valence-electron chi connectivity index (χ0n) is 19.7. The second kappa shape index (κ2) is 22.3. The lowest BCUT2D eigenvalue weighted by Gasteiger charge is -2.26. The molecule has 0 amide bonds. The highest BCUT2D eigenvalue weighted by Gasteiger charge is 2.16. The first-order valence-corrected chi connectivity index (χ1v) is 12.9. The fraction of sp³-hybridized carbons (Fsp3) is 1.00. The van der Waals surface area contributed by atoms with Gasteiger partial charge in [0.2, 0.25) is 0 Å². The Kier molecular flexibility index (Phi) is 22.2. The number of hydrogen-bond acceptors (Lipinski definition) is 1. The summed E-state index contributed by atoms with van der Waals surface area (Å²) < 4.78 is 6.76. The molecule has 0 rings (SSSR count). The Morgan fingerprint density at radius 1 is 0.370 bits per heavy atom. The highest BCUT2D eigenvalue weighted by Crippen LogP contribution is 2.22. The van der Waals surface area contributed by atoms with Gasteiger partial charge in [-0.3, -0.25) is 0 Å². The van der Waals surface area contributed by atoms with Gasteiger partial charge in [-0.2, -0.15) is 0 Å². The Labute approximate surface area is 173 Å². The van der Waals surface area contributed by atoms with Gasteiger partial charge in [0.1, 0.15) is 0 Å². The molecule has 0 N–H and O–H groups in total. The summed E-state index contributed by atoms with van der Waals surface area (Å²) in [6.07, 6.45) is 28.2. The van der Waals surface area contributed by atoms with E-state index in [9.17, 15) is 0 Å². The van der Waals surface area contributed by atoms with Crippen LogP contribution < -0.4 is 0 Å². The molecule has 0 bridgehead atoms. The van der Waals surface area contributed by atoms with Crippen LogP contribution in [0.2, 0.25) is 0 Å². The van der Waals surface area contributed by atoms with Crippen molar-refractivity contribution in [3.8, 4) is 0 Å². The van der Waals surface area contributed by atoms with E-state index in [-0.39, 0.29) is 0 Å². The van der Waals surface area contributed by atoms with Crippen molar-refractivity contribution in [2.75, 3.05) is 0 Å². The maximum absolute atomic E-state index is 6.76. The Balaban J connectivity index is 4.37. The molecule has 0 aromatic rings. The summed E-state index contributed by atoms with van der Waals surface area (Å²) in [5.74, 6) is 0. The van der Waals surface area contributed by atoms with Crippen LogP contribution in [0.25, 0.3) is 0 Å². The van der Waals surface area contributed by atoms with E-state index < -0.39 is 0 Å². The molecule has 0 heterocycles. The molecule has 0 saturated heterocycles. The highest BCUT2D eigenvalue weighted by atomic mass is 16.5. The van der Waals surface area contributed by atoms with Gasteiger partial charge in [0.25, 0.3) is 0 Å². The predicted molar refractivity (Wildman–Crippen MR) is 124 cm³/mol. The van der Waals surface area contributed by atoms with Crippen molar-refractivity contribution in [2.24, 2.45) is 0 Å². The van der Waals surface area contributed by atoms with Crippen LogP contribution in [0.3, 0.4) is 0 Å². The minimum absolute atomic E-state index is 0.528. The van der Waals surface area contributed by atoms with E-state index in [0.29, 0.717) is 12.2 Å². The van der Waals surface area contributed by atoms with Crippen molar-refractivity contribution in [2.45, 2.75) is 168 Å². The summed E-state index contributed by atoms with van der Waals surface area (Å²) >= 11 is 0. The van der Waals surface area contributed by atoms with Crippen molar-refractivity contribution < 1.29 is 4.74 Å². The molecule has 0 radical (unpaired) electrons. The highest BCUT2D eigenvalue weighted by molar-refractivity contribution is 4.66. The van der Waals surface area contributed by atoms with Crippen molar-refractivity contribution in [1.82, 2.24) is 0 Å². The lowest BCUT2D eigenvalue weighted by molar-refractivity contribution is -0.0323. The van der Waals surface area contributed by atoms with Crippen LogP contribution in [0, 0.1) is 0 Å². The first kappa shape index (κ1) is 27.0. The molecule has 2 unspecified atom stereocenters. The van der Waals surface area contributed by atoms with Crippen molar-refractivity contribution in [1.29, 1.82) is 0 Å². The molecule has 27 heavy (non-hydrogen) atoms. The summed E-state index contributed by atoms with van der Waals surface area (Å²) in [4.78, 5) is 0. The molecule has 0 aromatic carbocycles. The molecule has 0 aromatic heterocycles. The monoisotopic (exact) mass is 382 g/mol. The van der Waals surface area contributed by atoms with E-state index >= 15 is 0 Å². The number of ether oxygens (including phenoxy) is 1. The van der Waals surface area contributed by atoms with E-state index in [0.717, 1.165) is 0 Å². The third-order valence-electron chi connectivity index (χ3n) is 5.90. The summed E-state index contributed by atoms with van der Waals surface area (Å²) in [5.41, 5.74) is 0. The first-order chi connectivity index (χ1) is 13.3. The van der Waals surface area contributed by atoms with Gasteiger partial charge >= 0.3 is 0 Å². The molecule has 0 fully saturated rings. The minimum atomic E-state index is 0.528. The second-order valence-corrected chi connectivity index (χ2v) is 8.78. The molecule has 2 atom stereocenters. The molecule has 0 saturated carbocycles. The van der Waals surface area contributed by atoms with Gasteiger partial charge in [-0.25, -0.2) is 0 Å². The molecule has 0 aliphatic heterocycles. The van der Waals surface area contributed by atoms with Gasteiger partial charge < -0.3 is 4.74 Å². The standard InChI is InChI=1S/C26H54O/c1-5-9-13-15-19-23-25(21-17-11-7-3)27-26(22-18-12-8-4)24-20-16-14-10-6-2/h25-26H,5-24H2,1-4H3. The summed E-state index contributed by atoms with van der Waals surface area (Å²) in [5, 5.41) is 0. The number of unbranched alkanes of at least 4 members (excludes halogenated alkanes) is 12. The van der Waals surface area contributed by atoms with Crippen LogP contribution in [-0.4, -0.2) is 12.2 Å². The van der Waals surface area contributed by atoms with Gasteiger partial charge in [0.05, 0.1) is 12.2 Å². The van der Waals surface area contributed by atoms with E-state index in [1.165, 1.54) is 128 Å². The van der Waals surface area contributed by atoms with Crippen molar-refractivity contribution in [3.05, 3.63) is 0 Å². The molecule has 1 heteroatoms. The first-order valence-electron chi connectivity index (χ1n) is 12.9. The minimum Gasteiger partial charge on any atom is -0.375 e. The number of hydrogen-bond donors (Lipinski definition) is 0. The lowest BCUT2D eigenvalue weighted by atomic mass is 10.0. The largest absolute Gasteiger partial charge is 0.375 e. The average Bonchev–Trinajstić information content (AvgIpc) is 2.67. The smallest absolute Gasteiger partial charge is 0.0578 e. The Morgan fingerprint density at radius 3 is 0.963 bits per heavy atom. The maximum atomic E-state index is 6.76. The molecular formula is C26H54O. The van der Waals surface area contributed by atoms with Crippen molar-refractivity contribution >= 4 is 0 Å². The molecule has 0 aliphatic carbocycles. The van der Waals surface area contributed by atoms with Crippen LogP contribution in [0.15, 0.2) is 0 Å². The van der Waals surface area contributed by atoms with Crippen LogP contribution in [0.4, 0.5) is 0 Å². The zero-order chi connectivity index (χ0) is 20.0. The van der Waals surface area contributed by atoms with E-state index in [4.69, 9.17) is 4.74 Å². The number of rotatable bonds is 22. The van der Waals surface area contributed by atoms with Crippen molar-refractivity contribution in [3.63, 3.8) is 0 Å². The average molecular weight is 383 g/mol. The Morgan fingerprint density at radius 2 is 0.630 bits per heavy atom. The van der Waals surface area contributed by atoms with E-state index in [1.54, 1.807) is 0 Å². The van der Waals surface area contributed by atoms with Gasteiger partial charge in [0.15, 0.2) is 0 Å². The summed E-state index contributed by atoms with van der Waals surface area (Å²) in [7, 11) is 0. The van der Waals surface area contributed by atoms with Crippen LogP contribution in [-0.2, 0) is 4.74 Å². The SMILES string of the molecule is CCCCCCCC(CCCCC)OC(CCCCC)CCCCCCC. The molecular weight excluding hydrogens is 328 g/mol. The topological polar surface area (TPSA) is 9.23 Å². The van der Waals surface area contributed by atoms with Gasteiger partial charge in [0, 0.05) is 0 Å². The molecule has 1 nitrogen and oxygen atoms in total. The fourth-order valence-corrected chi connectivity index (χ4v) is 4.03. The van der Waals surface area contributed by atoms with Crippen LogP contribution in [0.5, 0.6) is 0 Å². The zero-order valence-corrected chi connectivity index (χ0v) is 19.7. The normalized spacial score (nSPS) is 13.8. The third-order valence-corrected chi connectivity index (χ3v) is 5.90.